The molecule has 3 nitrogen and oxygen atoms in total. The van der Waals surface area contributed by atoms with Gasteiger partial charge in [0.1, 0.15) is 5.82 Å². The number of nitrogens with one attached hydrogen (secondary N) is 1. The molecule has 0 bridgehead atoms. The van der Waals surface area contributed by atoms with Gasteiger partial charge in [0.2, 0.25) is 0 Å². The summed E-state index contributed by atoms with van der Waals surface area (Å²) in [5, 5.41) is 7.88. The van der Waals surface area contributed by atoms with Crippen LogP contribution in [0.4, 0.5) is 5.82 Å². The maximum absolute atomic E-state index is 4.37. The molecule has 1 atom stereocenters. The van der Waals surface area contributed by atoms with Crippen LogP contribution in [0.3, 0.4) is 0 Å². The minimum Gasteiger partial charge on any atom is -0.370 e. The lowest BCUT2D eigenvalue weighted by Gasteiger charge is -2.18. The predicted octanol–water partition coefficient (Wildman–Crippen LogP) is 3.70. The van der Waals surface area contributed by atoms with E-state index >= 15 is 0 Å². The molecule has 0 amide bonds. The minimum atomic E-state index is 0.471. The molecule has 0 aliphatic rings. The monoisotopic (exact) mass is 223 g/mol. The largest absolute Gasteiger partial charge is 0.370 e. The Morgan fingerprint density at radius 2 is 1.94 bits per heavy atom. The first-order valence-corrected chi connectivity index (χ1v) is 6.50. The molecule has 1 rings (SSSR count). The van der Waals surface area contributed by atoms with Gasteiger partial charge in [0.25, 0.3) is 0 Å². The van der Waals surface area contributed by atoms with E-state index in [-0.39, 0.29) is 0 Å². The average molecular weight is 223 g/mol. The maximum Gasteiger partial charge on any atom is 0.124 e. The fraction of sp³-hybridized carbons (Fsp3) is 0.769. The van der Waals surface area contributed by atoms with E-state index in [0.717, 1.165) is 24.7 Å². The number of aromatic nitrogens is 2. The summed E-state index contributed by atoms with van der Waals surface area (Å²) in [6.45, 7) is 9.95. The van der Waals surface area contributed by atoms with E-state index < -0.39 is 0 Å². The summed E-state index contributed by atoms with van der Waals surface area (Å²) >= 11 is 0. The van der Waals surface area contributed by atoms with Crippen molar-refractivity contribution in [2.45, 2.75) is 53.0 Å². The molecule has 1 aromatic rings. The van der Waals surface area contributed by atoms with Crippen LogP contribution >= 0.6 is 0 Å². The summed E-state index contributed by atoms with van der Waals surface area (Å²) in [5.41, 5.74) is 0. The lowest BCUT2D eigenvalue weighted by molar-refractivity contribution is 0.475. The van der Waals surface area contributed by atoms with E-state index in [1.165, 1.54) is 12.8 Å². The van der Waals surface area contributed by atoms with Crippen molar-refractivity contribution in [3.63, 3.8) is 0 Å². The number of rotatable bonds is 7. The summed E-state index contributed by atoms with van der Waals surface area (Å²) in [5.74, 6) is 1.92. The Hall–Kier alpha value is -0.990. The summed E-state index contributed by atoms with van der Waals surface area (Å²) in [6, 6.07) is 2.54. The predicted molar refractivity (Wildman–Crippen MR) is 69.8 cm³/mol. The molecule has 1 unspecified atom stereocenters. The highest BCUT2D eigenvalue weighted by Crippen LogP contribution is 2.17. The number of hydrogen-bond acceptors (Lipinski definition) is 2. The van der Waals surface area contributed by atoms with E-state index in [1.807, 2.05) is 6.20 Å². The van der Waals surface area contributed by atoms with Gasteiger partial charge in [-0.1, -0.05) is 33.6 Å². The molecular formula is C13H25N3. The third kappa shape index (κ3) is 3.26. The Morgan fingerprint density at radius 3 is 2.50 bits per heavy atom. The van der Waals surface area contributed by atoms with Crippen molar-refractivity contribution in [1.29, 1.82) is 0 Å². The standard InChI is InChI=1S/C13H25N3/c1-5-11(4)16-13(8-9-15-16)14-10-12(6-2)7-3/h8-9,11-12,14H,5-7,10H2,1-4H3. The second-order valence-electron chi connectivity index (χ2n) is 4.48. The molecule has 1 N–H and O–H groups in total. The van der Waals surface area contributed by atoms with Gasteiger partial charge in [-0.05, 0) is 19.3 Å². The summed E-state index contributed by atoms with van der Waals surface area (Å²) < 4.78 is 2.09. The second kappa shape index (κ2) is 6.56. The van der Waals surface area contributed by atoms with E-state index in [0.29, 0.717) is 6.04 Å². The molecule has 0 aliphatic carbocycles. The van der Waals surface area contributed by atoms with Gasteiger partial charge in [0, 0.05) is 12.6 Å². The van der Waals surface area contributed by atoms with Gasteiger partial charge >= 0.3 is 0 Å². The van der Waals surface area contributed by atoms with Crippen molar-refractivity contribution in [1.82, 2.24) is 9.78 Å². The lowest BCUT2D eigenvalue weighted by Crippen LogP contribution is -2.17. The maximum atomic E-state index is 4.37. The molecule has 1 aromatic heterocycles. The average Bonchev–Trinajstić information content (AvgIpc) is 2.77. The van der Waals surface area contributed by atoms with Gasteiger partial charge in [-0.3, -0.25) is 0 Å². The van der Waals surface area contributed by atoms with Gasteiger partial charge in [0.15, 0.2) is 0 Å². The van der Waals surface area contributed by atoms with Gasteiger partial charge in [-0.15, -0.1) is 0 Å². The fourth-order valence-electron chi connectivity index (χ4n) is 1.80. The summed E-state index contributed by atoms with van der Waals surface area (Å²) in [7, 11) is 0. The Labute approximate surface area is 99.2 Å². The lowest BCUT2D eigenvalue weighted by atomic mass is 10.0. The van der Waals surface area contributed by atoms with E-state index in [2.05, 4.69) is 48.9 Å². The molecule has 0 aliphatic heterocycles. The molecule has 0 radical (unpaired) electrons. The van der Waals surface area contributed by atoms with Crippen molar-refractivity contribution < 1.29 is 0 Å². The van der Waals surface area contributed by atoms with Crippen molar-refractivity contribution in [3.8, 4) is 0 Å². The van der Waals surface area contributed by atoms with Crippen molar-refractivity contribution in [3.05, 3.63) is 12.3 Å². The van der Waals surface area contributed by atoms with Gasteiger partial charge in [0.05, 0.1) is 12.2 Å². The van der Waals surface area contributed by atoms with Crippen LogP contribution in [0, 0.1) is 5.92 Å². The SMILES string of the molecule is CCC(CC)CNc1ccnn1C(C)CC. The Morgan fingerprint density at radius 1 is 1.25 bits per heavy atom. The molecule has 0 aromatic carbocycles. The van der Waals surface area contributed by atoms with Gasteiger partial charge < -0.3 is 5.32 Å². The van der Waals surface area contributed by atoms with Gasteiger partial charge in [-0.25, -0.2) is 4.68 Å². The Balaban J connectivity index is 2.56. The molecule has 0 spiro atoms. The third-order valence-corrected chi connectivity index (χ3v) is 3.41. The zero-order valence-corrected chi connectivity index (χ0v) is 11.0. The molecule has 0 saturated carbocycles. The fourth-order valence-corrected chi connectivity index (χ4v) is 1.80. The minimum absolute atomic E-state index is 0.471. The molecule has 1 heterocycles. The smallest absolute Gasteiger partial charge is 0.124 e. The van der Waals surface area contributed by atoms with Crippen LogP contribution in [0.5, 0.6) is 0 Å². The van der Waals surface area contributed by atoms with E-state index in [4.69, 9.17) is 0 Å². The van der Waals surface area contributed by atoms with Crippen LogP contribution in [0.1, 0.15) is 53.0 Å². The number of nitrogens with zero attached hydrogens (tertiary/aromatic N) is 2. The van der Waals surface area contributed by atoms with Crippen molar-refractivity contribution >= 4 is 5.82 Å². The second-order valence-corrected chi connectivity index (χ2v) is 4.48. The highest BCUT2D eigenvalue weighted by atomic mass is 15.3. The Bertz CT molecular complexity index is 289. The van der Waals surface area contributed by atoms with Crippen LogP contribution in [0.15, 0.2) is 12.3 Å². The normalized spacial score (nSPS) is 13.1. The van der Waals surface area contributed by atoms with Crippen LogP contribution in [0.25, 0.3) is 0 Å². The Kier molecular flexibility index (Phi) is 5.36. The first-order valence-electron chi connectivity index (χ1n) is 6.50. The molecule has 3 heteroatoms. The van der Waals surface area contributed by atoms with Crippen LogP contribution in [-0.4, -0.2) is 16.3 Å². The van der Waals surface area contributed by atoms with Gasteiger partial charge in [-0.2, -0.15) is 5.10 Å². The van der Waals surface area contributed by atoms with Crippen LogP contribution in [0.2, 0.25) is 0 Å². The first-order chi connectivity index (χ1) is 7.72. The number of hydrogen-bond donors (Lipinski definition) is 1. The van der Waals surface area contributed by atoms with Crippen LogP contribution < -0.4 is 5.32 Å². The van der Waals surface area contributed by atoms with Crippen LogP contribution in [-0.2, 0) is 0 Å². The topological polar surface area (TPSA) is 29.9 Å². The van der Waals surface area contributed by atoms with E-state index in [9.17, 15) is 0 Å². The quantitative estimate of drug-likeness (QED) is 0.763. The molecular weight excluding hydrogens is 198 g/mol. The molecule has 92 valence electrons. The zero-order valence-electron chi connectivity index (χ0n) is 11.0. The number of anilines is 1. The summed E-state index contributed by atoms with van der Waals surface area (Å²) in [4.78, 5) is 0. The highest BCUT2D eigenvalue weighted by molar-refractivity contribution is 5.34. The zero-order chi connectivity index (χ0) is 12.0. The molecule has 16 heavy (non-hydrogen) atoms. The van der Waals surface area contributed by atoms with Crippen molar-refractivity contribution in [2.24, 2.45) is 5.92 Å². The third-order valence-electron chi connectivity index (χ3n) is 3.41. The summed E-state index contributed by atoms with van der Waals surface area (Å²) in [6.07, 6.45) is 5.46. The van der Waals surface area contributed by atoms with E-state index in [1.54, 1.807) is 0 Å². The molecule has 0 saturated heterocycles. The van der Waals surface area contributed by atoms with Crippen molar-refractivity contribution in [2.75, 3.05) is 11.9 Å². The highest BCUT2D eigenvalue weighted by Gasteiger charge is 2.09. The molecule has 0 fully saturated rings. The first kappa shape index (κ1) is 13.1.